The van der Waals surface area contributed by atoms with Gasteiger partial charge in [-0.2, -0.15) is 0 Å². The summed E-state index contributed by atoms with van der Waals surface area (Å²) in [5.74, 6) is 0. The number of aromatic nitrogens is 4. The Kier molecular flexibility index (Phi) is 3.52. The highest BCUT2D eigenvalue weighted by Crippen LogP contribution is 2.29. The lowest BCUT2D eigenvalue weighted by Gasteiger charge is -2.17. The summed E-state index contributed by atoms with van der Waals surface area (Å²) in [4.78, 5) is 38.7. The Morgan fingerprint density at radius 3 is 2.35 bits per heavy atom. The number of fused-ring (bicyclic) bond motifs is 1. The summed E-state index contributed by atoms with van der Waals surface area (Å²) in [5.41, 5.74) is -2.35. The van der Waals surface area contributed by atoms with E-state index >= 15 is 0 Å². The molecule has 0 radical (unpaired) electrons. The van der Waals surface area contributed by atoms with Crippen LogP contribution in [0.4, 0.5) is 0 Å². The maximum Gasteiger partial charge on any atom is 0.332 e. The second-order valence-electron chi connectivity index (χ2n) is 5.43. The lowest BCUT2D eigenvalue weighted by molar-refractivity contribution is -0.0526. The number of nitrogens with zero attached hydrogens (tertiary/aromatic N) is 3. The van der Waals surface area contributed by atoms with Gasteiger partial charge in [0.2, 0.25) is 0 Å². The molecule has 2 aromatic rings. The third-order valence-corrected chi connectivity index (χ3v) is 4.08. The minimum Gasteiger partial charge on any atom is -0.394 e. The Bertz CT molecular complexity index is 936. The number of imidazole rings is 1. The Labute approximate surface area is 127 Å². The number of nitrogens with one attached hydrogen (secondary N) is 1. The average molecular weight is 328 g/mol. The first-order chi connectivity index (χ1) is 10.8. The van der Waals surface area contributed by atoms with Crippen molar-refractivity contribution in [2.24, 2.45) is 14.1 Å². The van der Waals surface area contributed by atoms with Crippen LogP contribution in [0, 0.1) is 0 Å². The summed E-state index contributed by atoms with van der Waals surface area (Å²) in [6.07, 6.45) is -5.36. The van der Waals surface area contributed by atoms with Gasteiger partial charge in [0.15, 0.2) is 17.4 Å². The monoisotopic (exact) mass is 328 g/mol. The van der Waals surface area contributed by atoms with Gasteiger partial charge in [0.1, 0.15) is 18.3 Å². The highest BCUT2D eigenvalue weighted by atomic mass is 16.6. The van der Waals surface area contributed by atoms with Gasteiger partial charge in [-0.3, -0.25) is 18.9 Å². The molecule has 0 amide bonds. The van der Waals surface area contributed by atoms with Gasteiger partial charge in [0, 0.05) is 14.1 Å². The van der Waals surface area contributed by atoms with Crippen molar-refractivity contribution >= 4 is 11.2 Å². The SMILES string of the molecule is Cn1c(=O)c2[nH]c(=O)n([C@@H]3O[C@H](CO)[C@@H](O)[C@H]3O)c2n(C)c1=O. The Hall–Kier alpha value is -2.21. The van der Waals surface area contributed by atoms with Crippen LogP contribution in [0.15, 0.2) is 14.4 Å². The standard InChI is InChI=1S/C12H16N4O7/c1-14-8-5(9(20)15(2)12(14)22)13-11(21)16(8)10-7(19)6(18)4(3-17)23-10/h4,6-7,10,17-19H,3H2,1-2H3,(H,13,21)/t4-,6-,7-,10-/m1/s1. The lowest BCUT2D eigenvalue weighted by atomic mass is 10.1. The van der Waals surface area contributed by atoms with Crippen LogP contribution in [0.25, 0.3) is 11.2 Å². The highest BCUT2D eigenvalue weighted by molar-refractivity contribution is 5.70. The van der Waals surface area contributed by atoms with Gasteiger partial charge in [0.25, 0.3) is 5.56 Å². The van der Waals surface area contributed by atoms with Crippen LogP contribution < -0.4 is 16.9 Å². The summed E-state index contributed by atoms with van der Waals surface area (Å²) in [6, 6.07) is 0. The molecule has 0 bridgehead atoms. The maximum atomic E-state index is 12.2. The molecule has 23 heavy (non-hydrogen) atoms. The van der Waals surface area contributed by atoms with E-state index in [-0.39, 0.29) is 11.2 Å². The second-order valence-corrected chi connectivity index (χ2v) is 5.43. The van der Waals surface area contributed by atoms with E-state index in [1.807, 2.05) is 0 Å². The van der Waals surface area contributed by atoms with Crippen LogP contribution in [0.1, 0.15) is 6.23 Å². The first-order valence-corrected chi connectivity index (χ1v) is 6.82. The van der Waals surface area contributed by atoms with Gasteiger partial charge >= 0.3 is 11.4 Å². The molecule has 1 saturated heterocycles. The molecule has 1 aliphatic heterocycles. The number of aliphatic hydroxyl groups excluding tert-OH is 3. The van der Waals surface area contributed by atoms with E-state index in [9.17, 15) is 24.6 Å². The van der Waals surface area contributed by atoms with Crippen molar-refractivity contribution in [1.29, 1.82) is 0 Å². The smallest absolute Gasteiger partial charge is 0.332 e. The van der Waals surface area contributed by atoms with Crippen LogP contribution in [0.5, 0.6) is 0 Å². The van der Waals surface area contributed by atoms with Crippen molar-refractivity contribution < 1.29 is 20.1 Å². The first-order valence-electron chi connectivity index (χ1n) is 6.82. The molecule has 11 nitrogen and oxygen atoms in total. The molecule has 0 spiro atoms. The van der Waals surface area contributed by atoms with E-state index in [0.29, 0.717) is 0 Å². The van der Waals surface area contributed by atoms with Crippen LogP contribution >= 0.6 is 0 Å². The predicted octanol–water partition coefficient (Wildman–Crippen LogP) is -3.66. The quantitative estimate of drug-likeness (QED) is 0.443. The van der Waals surface area contributed by atoms with Crippen molar-refractivity contribution in [2.45, 2.75) is 24.5 Å². The molecular formula is C12H16N4O7. The van der Waals surface area contributed by atoms with Gasteiger partial charge in [0.05, 0.1) is 6.61 Å². The maximum absolute atomic E-state index is 12.2. The van der Waals surface area contributed by atoms with Gasteiger partial charge in [-0.05, 0) is 0 Å². The molecule has 126 valence electrons. The molecule has 1 fully saturated rings. The summed E-state index contributed by atoms with van der Waals surface area (Å²) >= 11 is 0. The molecule has 3 heterocycles. The largest absolute Gasteiger partial charge is 0.394 e. The van der Waals surface area contributed by atoms with Crippen LogP contribution in [-0.2, 0) is 18.8 Å². The molecule has 3 rings (SSSR count). The number of H-pyrrole nitrogens is 1. The molecule has 0 unspecified atom stereocenters. The van der Waals surface area contributed by atoms with Crippen molar-refractivity contribution in [3.8, 4) is 0 Å². The highest BCUT2D eigenvalue weighted by Gasteiger charge is 2.45. The van der Waals surface area contributed by atoms with Crippen LogP contribution in [-0.4, -0.2) is 58.9 Å². The zero-order valence-electron chi connectivity index (χ0n) is 12.3. The van der Waals surface area contributed by atoms with E-state index in [4.69, 9.17) is 9.84 Å². The van der Waals surface area contributed by atoms with Crippen molar-refractivity contribution in [3.05, 3.63) is 31.3 Å². The number of ether oxygens (including phenoxy) is 1. The Morgan fingerprint density at radius 1 is 1.13 bits per heavy atom. The fraction of sp³-hybridized carbons (Fsp3) is 0.583. The van der Waals surface area contributed by atoms with Gasteiger partial charge < -0.3 is 20.1 Å². The van der Waals surface area contributed by atoms with Crippen LogP contribution in [0.3, 0.4) is 0 Å². The number of hydrogen-bond acceptors (Lipinski definition) is 7. The molecule has 2 aromatic heterocycles. The molecular weight excluding hydrogens is 312 g/mol. The molecule has 1 aliphatic rings. The minimum atomic E-state index is -1.51. The molecule has 4 atom stereocenters. The normalized spacial score (nSPS) is 27.9. The zero-order chi connectivity index (χ0) is 17.0. The van der Waals surface area contributed by atoms with Crippen molar-refractivity contribution in [1.82, 2.24) is 18.7 Å². The average Bonchev–Trinajstić information content (AvgIpc) is 3.01. The summed E-state index contributed by atoms with van der Waals surface area (Å²) in [5, 5.41) is 29.0. The molecule has 0 saturated carbocycles. The van der Waals surface area contributed by atoms with Crippen molar-refractivity contribution in [3.63, 3.8) is 0 Å². The fourth-order valence-electron chi connectivity index (χ4n) is 2.82. The Balaban J connectivity index is 2.32. The summed E-state index contributed by atoms with van der Waals surface area (Å²) < 4.78 is 8.08. The fourth-order valence-corrected chi connectivity index (χ4v) is 2.82. The third kappa shape index (κ3) is 2.01. The minimum absolute atomic E-state index is 0.0714. The number of rotatable bonds is 2. The lowest BCUT2D eigenvalue weighted by Crippen LogP contribution is -2.39. The second kappa shape index (κ2) is 5.16. The van der Waals surface area contributed by atoms with E-state index in [2.05, 4.69) is 4.98 Å². The van der Waals surface area contributed by atoms with E-state index in [1.165, 1.54) is 14.1 Å². The summed E-state index contributed by atoms with van der Waals surface area (Å²) in [6.45, 7) is -0.563. The number of aromatic amines is 1. The summed E-state index contributed by atoms with van der Waals surface area (Å²) in [7, 11) is 2.63. The van der Waals surface area contributed by atoms with Gasteiger partial charge in [-0.1, -0.05) is 0 Å². The first kappa shape index (κ1) is 15.7. The number of aliphatic hydroxyl groups is 3. The predicted molar refractivity (Wildman–Crippen MR) is 76.1 cm³/mol. The molecule has 11 heteroatoms. The molecule has 0 aromatic carbocycles. The van der Waals surface area contributed by atoms with E-state index < -0.39 is 48.1 Å². The van der Waals surface area contributed by atoms with E-state index in [0.717, 1.165) is 13.7 Å². The zero-order valence-corrected chi connectivity index (χ0v) is 12.3. The van der Waals surface area contributed by atoms with Gasteiger partial charge in [-0.25, -0.2) is 14.2 Å². The third-order valence-electron chi connectivity index (χ3n) is 4.08. The van der Waals surface area contributed by atoms with Crippen LogP contribution in [0.2, 0.25) is 0 Å². The van der Waals surface area contributed by atoms with Gasteiger partial charge in [-0.15, -0.1) is 0 Å². The number of aryl methyl sites for hydroxylation is 1. The Morgan fingerprint density at radius 2 is 1.78 bits per heavy atom. The molecule has 0 aliphatic carbocycles. The van der Waals surface area contributed by atoms with E-state index in [1.54, 1.807) is 0 Å². The number of hydrogen-bond donors (Lipinski definition) is 4. The topological polar surface area (TPSA) is 152 Å². The molecule has 4 N–H and O–H groups in total. The van der Waals surface area contributed by atoms with Crippen molar-refractivity contribution in [2.75, 3.05) is 6.61 Å².